The van der Waals surface area contributed by atoms with Crippen molar-refractivity contribution in [1.82, 2.24) is 9.88 Å². The van der Waals surface area contributed by atoms with Gasteiger partial charge in [0.1, 0.15) is 11.3 Å². The molecule has 1 unspecified atom stereocenters. The van der Waals surface area contributed by atoms with Crippen LogP contribution in [-0.4, -0.2) is 29.0 Å². The smallest absolute Gasteiger partial charge is 0.126 e. The third-order valence-electron chi connectivity index (χ3n) is 4.10. The molecule has 2 aromatic heterocycles. The van der Waals surface area contributed by atoms with Crippen LogP contribution in [0.5, 0.6) is 0 Å². The highest BCUT2D eigenvalue weighted by Crippen LogP contribution is 2.29. The van der Waals surface area contributed by atoms with Crippen LogP contribution < -0.4 is 5.73 Å². The number of likely N-dealkylation sites (tertiary alicyclic amines) is 1. The lowest BCUT2D eigenvalue weighted by Crippen LogP contribution is -2.52. The van der Waals surface area contributed by atoms with Gasteiger partial charge >= 0.3 is 0 Å². The molecule has 0 aromatic carbocycles. The van der Waals surface area contributed by atoms with E-state index >= 15 is 0 Å². The number of rotatable bonds is 3. The zero-order valence-corrected chi connectivity index (χ0v) is 15.3. The van der Waals surface area contributed by atoms with E-state index in [1.807, 2.05) is 6.07 Å². The standard InChI is InChI=1S/C15H21N3OS.2ClH/c1-15(2)10-18(5-3-13(15)16)7-12-9-20-14(17-12)11-4-6-19-8-11;;/h4,6,8-9,13H,3,5,7,10,16H2,1-2H3;2*1H. The van der Waals surface area contributed by atoms with Crippen molar-refractivity contribution in [2.75, 3.05) is 13.1 Å². The quantitative estimate of drug-likeness (QED) is 0.900. The monoisotopic (exact) mass is 363 g/mol. The average Bonchev–Trinajstić information content (AvgIpc) is 3.03. The van der Waals surface area contributed by atoms with Crippen LogP contribution in [0.4, 0.5) is 0 Å². The Balaban J connectivity index is 0.00000121. The highest BCUT2D eigenvalue weighted by Gasteiger charge is 2.33. The summed E-state index contributed by atoms with van der Waals surface area (Å²) in [7, 11) is 0. The SMILES string of the molecule is CC1(C)CN(Cc2csc(-c3ccoc3)n2)CCC1N.Cl.Cl. The third kappa shape index (κ3) is 4.24. The van der Waals surface area contributed by atoms with Crippen LogP contribution in [-0.2, 0) is 6.54 Å². The number of nitrogens with two attached hydrogens (primary N) is 1. The molecule has 2 aromatic rings. The molecule has 0 aliphatic carbocycles. The Morgan fingerprint density at radius 2 is 2.23 bits per heavy atom. The fraction of sp³-hybridized carbons (Fsp3) is 0.533. The second kappa shape index (κ2) is 7.79. The summed E-state index contributed by atoms with van der Waals surface area (Å²) in [6.45, 7) is 7.50. The predicted molar refractivity (Wildman–Crippen MR) is 96.0 cm³/mol. The third-order valence-corrected chi connectivity index (χ3v) is 5.04. The number of hydrogen-bond acceptors (Lipinski definition) is 5. The number of furan rings is 1. The zero-order valence-electron chi connectivity index (χ0n) is 12.8. The molecule has 124 valence electrons. The van der Waals surface area contributed by atoms with Gasteiger partial charge in [-0.3, -0.25) is 4.90 Å². The Morgan fingerprint density at radius 1 is 1.45 bits per heavy atom. The van der Waals surface area contributed by atoms with Crippen LogP contribution in [0.1, 0.15) is 26.0 Å². The fourth-order valence-corrected chi connectivity index (χ4v) is 3.54. The summed E-state index contributed by atoms with van der Waals surface area (Å²) in [5, 5.41) is 3.17. The van der Waals surface area contributed by atoms with E-state index in [0.717, 1.165) is 42.3 Å². The number of aromatic nitrogens is 1. The van der Waals surface area contributed by atoms with Gasteiger partial charge in [0.2, 0.25) is 0 Å². The van der Waals surface area contributed by atoms with Crippen molar-refractivity contribution >= 4 is 36.2 Å². The van der Waals surface area contributed by atoms with Gasteiger partial charge in [-0.25, -0.2) is 4.98 Å². The molecule has 2 N–H and O–H groups in total. The van der Waals surface area contributed by atoms with Gasteiger partial charge in [0, 0.05) is 36.6 Å². The van der Waals surface area contributed by atoms with Crippen molar-refractivity contribution in [3.05, 3.63) is 29.7 Å². The molecule has 1 fully saturated rings. The lowest BCUT2D eigenvalue weighted by molar-refractivity contribution is 0.0891. The maximum Gasteiger partial charge on any atom is 0.126 e. The molecule has 1 aliphatic heterocycles. The van der Waals surface area contributed by atoms with E-state index in [-0.39, 0.29) is 30.2 Å². The lowest BCUT2D eigenvalue weighted by Gasteiger charge is -2.42. The first-order valence-corrected chi connectivity index (χ1v) is 7.87. The maximum atomic E-state index is 6.19. The van der Waals surface area contributed by atoms with Gasteiger partial charge in [0.25, 0.3) is 0 Å². The van der Waals surface area contributed by atoms with E-state index in [2.05, 4.69) is 24.1 Å². The molecule has 1 aliphatic rings. The second-order valence-electron chi connectivity index (χ2n) is 6.25. The maximum absolute atomic E-state index is 6.19. The van der Waals surface area contributed by atoms with Crippen LogP contribution in [0.2, 0.25) is 0 Å². The number of hydrogen-bond donors (Lipinski definition) is 1. The zero-order chi connectivity index (χ0) is 14.2. The molecular weight excluding hydrogens is 341 g/mol. The van der Waals surface area contributed by atoms with E-state index < -0.39 is 0 Å². The summed E-state index contributed by atoms with van der Waals surface area (Å²) >= 11 is 1.67. The van der Waals surface area contributed by atoms with Crippen molar-refractivity contribution < 1.29 is 4.42 Å². The van der Waals surface area contributed by atoms with Gasteiger partial charge in [0.05, 0.1) is 12.0 Å². The Kier molecular flexibility index (Phi) is 6.89. The van der Waals surface area contributed by atoms with Gasteiger partial charge in [-0.05, 0) is 17.9 Å². The van der Waals surface area contributed by atoms with E-state index in [4.69, 9.17) is 15.1 Å². The molecule has 0 spiro atoms. The Morgan fingerprint density at radius 3 is 2.86 bits per heavy atom. The number of nitrogens with zero attached hydrogens (tertiary/aromatic N) is 2. The summed E-state index contributed by atoms with van der Waals surface area (Å²) in [6.07, 6.45) is 4.49. The van der Waals surface area contributed by atoms with Gasteiger partial charge in [-0.2, -0.15) is 0 Å². The number of piperidine rings is 1. The van der Waals surface area contributed by atoms with Gasteiger partial charge in [-0.1, -0.05) is 13.8 Å². The summed E-state index contributed by atoms with van der Waals surface area (Å²) in [6, 6.07) is 2.25. The minimum Gasteiger partial charge on any atom is -0.472 e. The van der Waals surface area contributed by atoms with Crippen molar-refractivity contribution in [2.45, 2.75) is 32.9 Å². The van der Waals surface area contributed by atoms with Crippen LogP contribution in [0.25, 0.3) is 10.6 Å². The first-order chi connectivity index (χ1) is 9.54. The minimum absolute atomic E-state index is 0. The largest absolute Gasteiger partial charge is 0.472 e. The molecule has 3 heterocycles. The molecule has 4 nitrogen and oxygen atoms in total. The van der Waals surface area contributed by atoms with Gasteiger partial charge in [-0.15, -0.1) is 36.2 Å². The van der Waals surface area contributed by atoms with Crippen LogP contribution in [0.3, 0.4) is 0 Å². The molecule has 0 saturated carbocycles. The molecule has 0 radical (unpaired) electrons. The molecule has 22 heavy (non-hydrogen) atoms. The average molecular weight is 364 g/mol. The highest BCUT2D eigenvalue weighted by atomic mass is 35.5. The predicted octanol–water partition coefficient (Wildman–Crippen LogP) is 3.81. The first kappa shape index (κ1) is 19.5. The minimum atomic E-state index is 0. The summed E-state index contributed by atoms with van der Waals surface area (Å²) in [4.78, 5) is 7.16. The van der Waals surface area contributed by atoms with Crippen LogP contribution >= 0.6 is 36.2 Å². The van der Waals surface area contributed by atoms with Crippen molar-refractivity contribution in [3.8, 4) is 10.6 Å². The van der Waals surface area contributed by atoms with Gasteiger partial charge < -0.3 is 10.2 Å². The Hall–Kier alpha value is -0.590. The molecule has 0 amide bonds. The van der Waals surface area contributed by atoms with E-state index in [0.29, 0.717) is 6.04 Å². The molecule has 0 bridgehead atoms. The van der Waals surface area contributed by atoms with Gasteiger partial charge in [0.15, 0.2) is 0 Å². The molecule has 3 rings (SSSR count). The topological polar surface area (TPSA) is 55.3 Å². The van der Waals surface area contributed by atoms with E-state index in [1.54, 1.807) is 23.9 Å². The fourth-order valence-electron chi connectivity index (χ4n) is 2.75. The van der Waals surface area contributed by atoms with Crippen LogP contribution in [0, 0.1) is 5.41 Å². The van der Waals surface area contributed by atoms with Crippen molar-refractivity contribution in [3.63, 3.8) is 0 Å². The first-order valence-electron chi connectivity index (χ1n) is 6.99. The van der Waals surface area contributed by atoms with E-state index in [9.17, 15) is 0 Å². The van der Waals surface area contributed by atoms with Crippen LogP contribution in [0.15, 0.2) is 28.4 Å². The molecule has 1 saturated heterocycles. The van der Waals surface area contributed by atoms with E-state index in [1.165, 1.54) is 0 Å². The molecule has 7 heteroatoms. The Labute approximate surface area is 147 Å². The molecular formula is C15H23Cl2N3OS. The lowest BCUT2D eigenvalue weighted by atomic mass is 9.80. The molecule has 1 atom stereocenters. The summed E-state index contributed by atoms with van der Waals surface area (Å²) < 4.78 is 5.11. The summed E-state index contributed by atoms with van der Waals surface area (Å²) in [5.74, 6) is 0. The second-order valence-corrected chi connectivity index (χ2v) is 7.11. The normalized spacial score (nSPS) is 21.0. The highest BCUT2D eigenvalue weighted by molar-refractivity contribution is 7.13. The number of thiazole rings is 1. The summed E-state index contributed by atoms with van der Waals surface area (Å²) in [5.41, 5.74) is 8.56. The van der Waals surface area contributed by atoms with Crippen molar-refractivity contribution in [2.24, 2.45) is 11.1 Å². The number of halogens is 2. The Bertz CT molecular complexity index is 571. The van der Waals surface area contributed by atoms with Crippen molar-refractivity contribution in [1.29, 1.82) is 0 Å².